The molecule has 6 nitrogen and oxygen atoms in total. The maximum absolute atomic E-state index is 13.1. The molecule has 2 N–H and O–H groups in total. The van der Waals surface area contributed by atoms with Crippen LogP contribution >= 0.6 is 0 Å². The summed E-state index contributed by atoms with van der Waals surface area (Å²) in [5, 5.41) is 4.14. The van der Waals surface area contributed by atoms with Crippen molar-refractivity contribution in [2.45, 2.75) is 44.7 Å². The predicted octanol–water partition coefficient (Wildman–Crippen LogP) is 4.13. The van der Waals surface area contributed by atoms with Gasteiger partial charge in [-0.3, -0.25) is 9.59 Å². The van der Waals surface area contributed by atoms with Crippen LogP contribution in [0.2, 0.25) is 0 Å². The summed E-state index contributed by atoms with van der Waals surface area (Å²) in [7, 11) is 3.95. The summed E-state index contributed by atoms with van der Waals surface area (Å²) in [5.74, 6) is 1.97. The molecule has 0 radical (unpaired) electrons. The number of likely N-dealkylation sites (N-methyl/N-ethyl adjacent to an activating group) is 1. The number of nitrogens with zero attached hydrogens (tertiary/aromatic N) is 2. The second-order valence-corrected chi connectivity index (χ2v) is 9.50. The van der Waals surface area contributed by atoms with Crippen LogP contribution in [-0.4, -0.2) is 59.8 Å². The largest absolute Gasteiger partial charge is 0.356 e. The average molecular weight is 471 g/mol. The molecule has 0 bridgehead atoms. The molecular formula is C29H34N4O2. The fraction of sp³-hybridized carbons (Fsp3) is 0.379. The van der Waals surface area contributed by atoms with Gasteiger partial charge in [-0.05, 0) is 62.2 Å². The molecule has 0 aliphatic carbocycles. The van der Waals surface area contributed by atoms with E-state index >= 15 is 0 Å². The molecule has 0 spiro atoms. The van der Waals surface area contributed by atoms with E-state index in [0.717, 1.165) is 49.0 Å². The lowest BCUT2D eigenvalue weighted by Gasteiger charge is -2.41. The maximum Gasteiger partial charge on any atom is 0.299 e. The minimum atomic E-state index is -0.331. The Morgan fingerprint density at radius 1 is 1.17 bits per heavy atom. The number of para-hydroxylation sites is 1. The van der Waals surface area contributed by atoms with Crippen molar-refractivity contribution in [2.75, 3.05) is 27.2 Å². The predicted molar refractivity (Wildman–Crippen MR) is 140 cm³/mol. The van der Waals surface area contributed by atoms with Crippen LogP contribution in [0.1, 0.15) is 59.4 Å². The van der Waals surface area contributed by atoms with Crippen molar-refractivity contribution in [1.29, 1.82) is 0 Å². The van der Waals surface area contributed by atoms with E-state index in [1.807, 2.05) is 54.2 Å². The first-order chi connectivity index (χ1) is 16.9. The SMILES string of the molecule is C#CC(=O)N1C(c2ccc(C(=O)NCCN(C)C)cc2)c2[nH]c3ccccc3c2C[C@@H]1CCCC. The number of aromatic amines is 1. The smallest absolute Gasteiger partial charge is 0.299 e. The third kappa shape index (κ3) is 5.11. The number of unbranched alkanes of at least 4 members (excludes halogenated alkanes) is 1. The Morgan fingerprint density at radius 2 is 1.91 bits per heavy atom. The molecule has 1 unspecified atom stereocenters. The van der Waals surface area contributed by atoms with E-state index in [4.69, 9.17) is 6.42 Å². The highest BCUT2D eigenvalue weighted by Crippen LogP contribution is 2.42. The molecule has 2 heterocycles. The molecule has 6 heteroatoms. The first kappa shape index (κ1) is 24.6. The quantitative estimate of drug-likeness (QED) is 0.487. The van der Waals surface area contributed by atoms with Crippen LogP contribution in [0.4, 0.5) is 0 Å². The highest BCUT2D eigenvalue weighted by atomic mass is 16.2. The van der Waals surface area contributed by atoms with Crippen LogP contribution in [0.3, 0.4) is 0 Å². The highest BCUT2D eigenvalue weighted by molar-refractivity contribution is 5.95. The van der Waals surface area contributed by atoms with Gasteiger partial charge in [0.15, 0.2) is 0 Å². The van der Waals surface area contributed by atoms with Gasteiger partial charge in [0, 0.05) is 41.3 Å². The van der Waals surface area contributed by atoms with Crippen molar-refractivity contribution < 1.29 is 9.59 Å². The minimum absolute atomic E-state index is 0.0178. The van der Waals surface area contributed by atoms with E-state index in [0.29, 0.717) is 12.1 Å². The van der Waals surface area contributed by atoms with Crippen molar-refractivity contribution >= 4 is 22.7 Å². The van der Waals surface area contributed by atoms with Crippen LogP contribution in [0.5, 0.6) is 0 Å². The first-order valence-corrected chi connectivity index (χ1v) is 12.4. The number of H-pyrrole nitrogens is 1. The molecule has 0 saturated heterocycles. The zero-order valence-corrected chi connectivity index (χ0v) is 20.8. The molecule has 35 heavy (non-hydrogen) atoms. The zero-order valence-electron chi connectivity index (χ0n) is 20.8. The normalized spacial score (nSPS) is 17.3. The number of amides is 2. The monoisotopic (exact) mass is 470 g/mol. The van der Waals surface area contributed by atoms with Gasteiger partial charge >= 0.3 is 0 Å². The second-order valence-electron chi connectivity index (χ2n) is 9.50. The number of carbonyl (C=O) groups excluding carboxylic acids is 2. The van der Waals surface area contributed by atoms with Gasteiger partial charge in [0.2, 0.25) is 0 Å². The summed E-state index contributed by atoms with van der Waals surface area (Å²) in [5.41, 5.74) is 4.85. The lowest BCUT2D eigenvalue weighted by Crippen LogP contribution is -2.47. The van der Waals surface area contributed by atoms with Crippen LogP contribution in [0, 0.1) is 12.3 Å². The number of nitrogens with one attached hydrogen (secondary N) is 2. The van der Waals surface area contributed by atoms with Gasteiger partial charge in [0.25, 0.3) is 11.8 Å². The highest BCUT2D eigenvalue weighted by Gasteiger charge is 2.39. The molecule has 1 aromatic heterocycles. The number of terminal acetylenes is 1. The molecule has 2 aromatic carbocycles. The Morgan fingerprint density at radius 3 is 2.60 bits per heavy atom. The van der Waals surface area contributed by atoms with Crippen molar-refractivity contribution in [2.24, 2.45) is 0 Å². The number of rotatable bonds is 8. The fourth-order valence-corrected chi connectivity index (χ4v) is 5.04. The number of fused-ring (bicyclic) bond motifs is 3. The molecule has 0 fully saturated rings. The summed E-state index contributed by atoms with van der Waals surface area (Å²) in [6, 6.07) is 15.5. The summed E-state index contributed by atoms with van der Waals surface area (Å²) in [4.78, 5) is 33.2. The van der Waals surface area contributed by atoms with Crippen molar-refractivity contribution in [3.63, 3.8) is 0 Å². The van der Waals surface area contributed by atoms with Crippen molar-refractivity contribution in [3.05, 3.63) is 70.9 Å². The van der Waals surface area contributed by atoms with Crippen LogP contribution < -0.4 is 5.32 Å². The molecule has 182 valence electrons. The Bertz CT molecular complexity index is 1240. The van der Waals surface area contributed by atoms with E-state index in [-0.39, 0.29) is 23.9 Å². The number of hydrogen-bond acceptors (Lipinski definition) is 3. The summed E-state index contributed by atoms with van der Waals surface area (Å²) in [6.07, 6.45) is 9.40. The van der Waals surface area contributed by atoms with Gasteiger partial charge < -0.3 is 20.1 Å². The van der Waals surface area contributed by atoms with Gasteiger partial charge in [0.1, 0.15) is 0 Å². The molecule has 2 amide bonds. The Hall–Kier alpha value is -3.56. The Labute approximate surface area is 207 Å². The second kappa shape index (κ2) is 10.8. The summed E-state index contributed by atoms with van der Waals surface area (Å²) < 4.78 is 0. The third-order valence-electron chi connectivity index (χ3n) is 6.81. The number of carbonyl (C=O) groups is 2. The molecule has 4 rings (SSSR count). The summed E-state index contributed by atoms with van der Waals surface area (Å²) in [6.45, 7) is 3.52. The van der Waals surface area contributed by atoms with Gasteiger partial charge in [-0.15, -0.1) is 6.42 Å². The van der Waals surface area contributed by atoms with E-state index in [1.54, 1.807) is 0 Å². The molecule has 0 saturated carbocycles. The fourth-order valence-electron chi connectivity index (χ4n) is 5.04. The first-order valence-electron chi connectivity index (χ1n) is 12.4. The lowest BCUT2D eigenvalue weighted by molar-refractivity contribution is -0.130. The number of benzene rings is 2. The van der Waals surface area contributed by atoms with Crippen LogP contribution in [0.15, 0.2) is 48.5 Å². The lowest BCUT2D eigenvalue weighted by atomic mass is 9.86. The van der Waals surface area contributed by atoms with Crippen molar-refractivity contribution in [3.8, 4) is 12.3 Å². The van der Waals surface area contributed by atoms with Gasteiger partial charge in [-0.25, -0.2) is 0 Å². The van der Waals surface area contributed by atoms with E-state index in [9.17, 15) is 9.59 Å². The Kier molecular flexibility index (Phi) is 7.57. The average Bonchev–Trinajstić information content (AvgIpc) is 3.24. The minimum Gasteiger partial charge on any atom is -0.356 e. The summed E-state index contributed by atoms with van der Waals surface area (Å²) >= 11 is 0. The van der Waals surface area contributed by atoms with Crippen molar-refractivity contribution in [1.82, 2.24) is 20.1 Å². The zero-order chi connectivity index (χ0) is 24.9. The number of hydrogen-bond donors (Lipinski definition) is 2. The van der Waals surface area contributed by atoms with Gasteiger partial charge in [0.05, 0.1) is 6.04 Å². The van der Waals surface area contributed by atoms with Gasteiger partial charge in [-0.2, -0.15) is 0 Å². The molecule has 1 aliphatic heterocycles. The van der Waals surface area contributed by atoms with Gasteiger partial charge in [-0.1, -0.05) is 50.1 Å². The Balaban J connectivity index is 1.73. The molecular weight excluding hydrogens is 436 g/mol. The van der Waals surface area contributed by atoms with Crippen LogP contribution in [0.25, 0.3) is 10.9 Å². The topological polar surface area (TPSA) is 68.4 Å². The molecule has 1 aliphatic rings. The van der Waals surface area contributed by atoms with Crippen LogP contribution in [-0.2, 0) is 11.2 Å². The standard InChI is InChI=1S/C29H34N4O2/c1-5-7-10-22-19-24-23-11-8-9-12-25(23)31-27(24)28(33(22)26(34)6-2)20-13-15-21(16-14-20)29(35)30-17-18-32(3)4/h2,8-9,11-16,22,28,31H,5,7,10,17-19H2,1,3-4H3,(H,30,35)/t22-,28?/m0/s1. The molecule has 3 aromatic rings. The third-order valence-corrected chi connectivity index (χ3v) is 6.81. The molecule has 2 atom stereocenters. The maximum atomic E-state index is 13.1. The van der Waals surface area contributed by atoms with E-state index < -0.39 is 0 Å². The van der Waals surface area contributed by atoms with E-state index in [2.05, 4.69) is 41.3 Å². The van der Waals surface area contributed by atoms with E-state index in [1.165, 1.54) is 10.9 Å². The number of aromatic nitrogens is 1.